The molecule has 0 saturated heterocycles. The van der Waals surface area contributed by atoms with Crippen LogP contribution in [0.25, 0.3) is 0 Å². The molecule has 21 heavy (non-hydrogen) atoms. The van der Waals surface area contributed by atoms with E-state index in [1.807, 2.05) is 13.8 Å². The van der Waals surface area contributed by atoms with Crippen LogP contribution in [0.5, 0.6) is 0 Å². The van der Waals surface area contributed by atoms with Crippen molar-refractivity contribution in [2.24, 2.45) is 5.92 Å². The van der Waals surface area contributed by atoms with Gasteiger partial charge in [0.15, 0.2) is 0 Å². The topological polar surface area (TPSA) is 71.8 Å². The van der Waals surface area contributed by atoms with E-state index >= 15 is 0 Å². The van der Waals surface area contributed by atoms with Gasteiger partial charge in [0.25, 0.3) is 0 Å². The highest BCUT2D eigenvalue weighted by atomic mass is 32.2. The summed E-state index contributed by atoms with van der Waals surface area (Å²) in [5, 5.41) is 2.95. The highest BCUT2D eigenvalue weighted by Crippen LogP contribution is 2.24. The summed E-state index contributed by atoms with van der Waals surface area (Å²) in [5.74, 6) is 1.27. The number of nitrogens with one attached hydrogen (secondary N) is 1. The molecule has 0 amide bonds. The van der Waals surface area contributed by atoms with Crippen molar-refractivity contribution in [3.05, 3.63) is 17.6 Å². The van der Waals surface area contributed by atoms with E-state index in [1.54, 1.807) is 27.1 Å². The fraction of sp³-hybridized carbons (Fsp3) is 0.714. The Bertz CT molecular complexity index is 537. The maximum absolute atomic E-state index is 12.8. The zero-order valence-electron chi connectivity index (χ0n) is 13.5. The summed E-state index contributed by atoms with van der Waals surface area (Å²) >= 11 is 0. The SMILES string of the molecule is CNCc1cc(S(=O)(=O)N(CCOC)CC(C)C)c(C)o1. The second-order valence-corrected chi connectivity index (χ2v) is 7.32. The van der Waals surface area contributed by atoms with E-state index in [0.717, 1.165) is 0 Å². The molecule has 0 aliphatic rings. The lowest BCUT2D eigenvalue weighted by Crippen LogP contribution is -2.36. The fourth-order valence-corrected chi connectivity index (χ4v) is 3.86. The summed E-state index contributed by atoms with van der Waals surface area (Å²) in [4.78, 5) is 0.240. The van der Waals surface area contributed by atoms with Gasteiger partial charge in [-0.05, 0) is 19.9 Å². The average Bonchev–Trinajstić information content (AvgIpc) is 2.76. The Balaban J connectivity index is 3.09. The molecule has 0 saturated carbocycles. The van der Waals surface area contributed by atoms with E-state index in [9.17, 15) is 8.42 Å². The second-order valence-electron chi connectivity index (χ2n) is 5.41. The van der Waals surface area contributed by atoms with Gasteiger partial charge in [-0.1, -0.05) is 13.8 Å². The number of nitrogens with zero attached hydrogens (tertiary/aromatic N) is 1. The number of furan rings is 1. The molecule has 0 bridgehead atoms. The summed E-state index contributed by atoms with van der Waals surface area (Å²) in [7, 11) is -0.214. The molecule has 0 aliphatic heterocycles. The molecule has 0 unspecified atom stereocenters. The molecule has 1 rings (SSSR count). The predicted molar refractivity (Wildman–Crippen MR) is 81.7 cm³/mol. The van der Waals surface area contributed by atoms with Crippen LogP contribution in [-0.2, 0) is 21.3 Å². The fourth-order valence-electron chi connectivity index (χ4n) is 2.09. The normalized spacial score (nSPS) is 12.5. The molecule has 1 aromatic rings. The first-order valence-corrected chi connectivity index (χ1v) is 8.50. The van der Waals surface area contributed by atoms with Gasteiger partial charge in [0.1, 0.15) is 16.4 Å². The van der Waals surface area contributed by atoms with Gasteiger partial charge in [0, 0.05) is 26.3 Å². The highest BCUT2D eigenvalue weighted by Gasteiger charge is 2.29. The molecule has 6 nitrogen and oxygen atoms in total. The van der Waals surface area contributed by atoms with Crippen molar-refractivity contribution < 1.29 is 17.6 Å². The molecule has 0 radical (unpaired) electrons. The second kappa shape index (κ2) is 7.93. The first-order valence-electron chi connectivity index (χ1n) is 7.06. The Hall–Kier alpha value is -0.890. The standard InChI is InChI=1S/C14H26N2O4S/c1-11(2)10-16(6-7-19-5)21(17,18)14-8-13(9-15-4)20-12(14)3/h8,11,15H,6-7,9-10H2,1-5H3. The third-order valence-corrected chi connectivity index (χ3v) is 4.98. The van der Waals surface area contributed by atoms with Crippen LogP contribution in [0.3, 0.4) is 0 Å². The Morgan fingerprint density at radius 2 is 2.10 bits per heavy atom. The maximum atomic E-state index is 12.8. The minimum absolute atomic E-state index is 0.237. The van der Waals surface area contributed by atoms with Crippen LogP contribution >= 0.6 is 0 Å². The lowest BCUT2D eigenvalue weighted by atomic mass is 10.2. The highest BCUT2D eigenvalue weighted by molar-refractivity contribution is 7.89. The smallest absolute Gasteiger partial charge is 0.246 e. The number of sulfonamides is 1. The number of methoxy groups -OCH3 is 1. The Morgan fingerprint density at radius 1 is 1.43 bits per heavy atom. The molecule has 7 heteroatoms. The Kier molecular flexibility index (Phi) is 6.86. The van der Waals surface area contributed by atoms with Crippen molar-refractivity contribution in [1.82, 2.24) is 9.62 Å². The maximum Gasteiger partial charge on any atom is 0.246 e. The van der Waals surface area contributed by atoms with Crippen LogP contribution in [0.15, 0.2) is 15.4 Å². The molecule has 0 spiro atoms. The first kappa shape index (κ1) is 18.2. The van der Waals surface area contributed by atoms with Crippen molar-refractivity contribution in [1.29, 1.82) is 0 Å². The molecular formula is C14H26N2O4S. The summed E-state index contributed by atoms with van der Waals surface area (Å²) in [5.41, 5.74) is 0. The number of aryl methyl sites for hydroxylation is 1. The van der Waals surface area contributed by atoms with Crippen molar-refractivity contribution in [3.8, 4) is 0 Å². The van der Waals surface area contributed by atoms with Gasteiger partial charge in [-0.3, -0.25) is 0 Å². The van der Waals surface area contributed by atoms with Gasteiger partial charge in [0.05, 0.1) is 13.2 Å². The molecule has 0 fully saturated rings. The zero-order chi connectivity index (χ0) is 16.0. The summed E-state index contributed by atoms with van der Waals surface area (Å²) < 4.78 is 37.6. The van der Waals surface area contributed by atoms with Crippen LogP contribution in [0, 0.1) is 12.8 Å². The number of ether oxygens (including phenoxy) is 1. The van der Waals surface area contributed by atoms with Crippen molar-refractivity contribution in [3.63, 3.8) is 0 Å². The van der Waals surface area contributed by atoms with Gasteiger partial charge in [-0.2, -0.15) is 4.31 Å². The van der Waals surface area contributed by atoms with Gasteiger partial charge in [-0.25, -0.2) is 8.42 Å². The number of hydrogen-bond donors (Lipinski definition) is 1. The summed E-state index contributed by atoms with van der Waals surface area (Å²) in [6.07, 6.45) is 0. The molecule has 1 aromatic heterocycles. The van der Waals surface area contributed by atoms with Gasteiger partial charge in [0.2, 0.25) is 10.0 Å². The first-order chi connectivity index (χ1) is 9.82. The quantitative estimate of drug-likeness (QED) is 0.749. The zero-order valence-corrected chi connectivity index (χ0v) is 14.3. The predicted octanol–water partition coefficient (Wildman–Crippen LogP) is 1.60. The third-order valence-electron chi connectivity index (χ3n) is 3.01. The van der Waals surface area contributed by atoms with Crippen LogP contribution in [0.4, 0.5) is 0 Å². The lowest BCUT2D eigenvalue weighted by Gasteiger charge is -2.23. The molecule has 0 aromatic carbocycles. The van der Waals surface area contributed by atoms with E-state index in [4.69, 9.17) is 9.15 Å². The Morgan fingerprint density at radius 3 is 2.62 bits per heavy atom. The van der Waals surface area contributed by atoms with Crippen LogP contribution in [0.1, 0.15) is 25.4 Å². The minimum atomic E-state index is -3.56. The molecule has 122 valence electrons. The van der Waals surface area contributed by atoms with Crippen molar-refractivity contribution >= 4 is 10.0 Å². The summed E-state index contributed by atoms with van der Waals surface area (Å²) in [6, 6.07) is 1.60. The Labute approximate surface area is 127 Å². The average molecular weight is 318 g/mol. The third kappa shape index (κ3) is 4.81. The molecule has 1 heterocycles. The largest absolute Gasteiger partial charge is 0.464 e. The number of rotatable bonds is 9. The molecule has 0 aliphatic carbocycles. The molecule has 0 atom stereocenters. The van der Waals surface area contributed by atoms with Crippen LogP contribution < -0.4 is 5.32 Å². The molecule has 1 N–H and O–H groups in total. The van der Waals surface area contributed by atoms with Gasteiger partial charge in [-0.15, -0.1) is 0 Å². The lowest BCUT2D eigenvalue weighted by molar-refractivity contribution is 0.175. The van der Waals surface area contributed by atoms with E-state index in [1.165, 1.54) is 4.31 Å². The monoisotopic (exact) mass is 318 g/mol. The summed E-state index contributed by atoms with van der Waals surface area (Å²) in [6.45, 7) is 7.31. The minimum Gasteiger partial charge on any atom is -0.464 e. The van der Waals surface area contributed by atoms with E-state index in [-0.39, 0.29) is 10.8 Å². The van der Waals surface area contributed by atoms with Crippen molar-refractivity contribution in [2.45, 2.75) is 32.2 Å². The van der Waals surface area contributed by atoms with Gasteiger partial charge >= 0.3 is 0 Å². The van der Waals surface area contributed by atoms with Gasteiger partial charge < -0.3 is 14.5 Å². The van der Waals surface area contributed by atoms with Crippen LogP contribution in [0.2, 0.25) is 0 Å². The van der Waals surface area contributed by atoms with Crippen LogP contribution in [-0.4, -0.2) is 46.6 Å². The van der Waals surface area contributed by atoms with E-state index < -0.39 is 10.0 Å². The molecular weight excluding hydrogens is 292 g/mol. The van der Waals surface area contributed by atoms with Crippen molar-refractivity contribution in [2.75, 3.05) is 33.9 Å². The van der Waals surface area contributed by atoms with E-state index in [2.05, 4.69) is 5.32 Å². The number of hydrogen-bond acceptors (Lipinski definition) is 5. The van der Waals surface area contributed by atoms with E-state index in [0.29, 0.717) is 37.8 Å².